The molecular formula is C16H14ClFN2O3. The van der Waals surface area contributed by atoms with Gasteiger partial charge in [0.2, 0.25) is 0 Å². The smallest absolute Gasteiger partial charge is 0.279 e. The fourth-order valence-electron chi connectivity index (χ4n) is 1.70. The maximum Gasteiger partial charge on any atom is 0.279 e. The lowest BCUT2D eigenvalue weighted by molar-refractivity contribution is -0.128. The lowest BCUT2D eigenvalue weighted by atomic mass is 10.2. The first-order valence-electron chi connectivity index (χ1n) is 6.74. The van der Waals surface area contributed by atoms with Gasteiger partial charge in [-0.05, 0) is 43.3 Å². The molecule has 2 rings (SSSR count). The Labute approximate surface area is 137 Å². The van der Waals surface area contributed by atoms with Crippen molar-refractivity contribution in [1.82, 2.24) is 10.9 Å². The molecule has 0 aliphatic heterocycles. The van der Waals surface area contributed by atoms with Crippen LogP contribution in [0.25, 0.3) is 0 Å². The van der Waals surface area contributed by atoms with Gasteiger partial charge >= 0.3 is 0 Å². The Bertz CT molecular complexity index is 707. The van der Waals surface area contributed by atoms with Crippen LogP contribution >= 0.6 is 11.6 Å². The minimum Gasteiger partial charge on any atom is -0.481 e. The van der Waals surface area contributed by atoms with Crippen molar-refractivity contribution in [1.29, 1.82) is 0 Å². The van der Waals surface area contributed by atoms with Gasteiger partial charge in [0.05, 0.1) is 10.6 Å². The Balaban J connectivity index is 1.87. The summed E-state index contributed by atoms with van der Waals surface area (Å²) in [6.45, 7) is 1.50. The highest BCUT2D eigenvalue weighted by Crippen LogP contribution is 2.14. The van der Waals surface area contributed by atoms with Crippen molar-refractivity contribution >= 4 is 23.4 Å². The van der Waals surface area contributed by atoms with Crippen LogP contribution in [0.1, 0.15) is 17.3 Å². The van der Waals surface area contributed by atoms with E-state index in [1.165, 1.54) is 37.3 Å². The quantitative estimate of drug-likeness (QED) is 0.844. The first-order chi connectivity index (χ1) is 11.0. The zero-order valence-electron chi connectivity index (χ0n) is 12.2. The maximum atomic E-state index is 12.8. The average molecular weight is 337 g/mol. The molecule has 1 atom stereocenters. The van der Waals surface area contributed by atoms with E-state index in [0.29, 0.717) is 5.75 Å². The molecule has 0 bridgehead atoms. The lowest BCUT2D eigenvalue weighted by Crippen LogP contribution is -2.47. The second-order valence-corrected chi connectivity index (χ2v) is 5.04. The number of nitrogens with one attached hydrogen (secondary N) is 2. The fourth-order valence-corrected chi connectivity index (χ4v) is 1.93. The number of hydrogen-bond donors (Lipinski definition) is 2. The predicted molar refractivity (Wildman–Crippen MR) is 83.6 cm³/mol. The van der Waals surface area contributed by atoms with E-state index >= 15 is 0 Å². The standard InChI is InChI=1S/C16H14ClFN2O3/c1-10(23-12-8-6-11(18)7-9-12)15(21)19-20-16(22)13-4-2-3-5-14(13)17/h2-10H,1H3,(H,19,21)(H,20,22). The summed E-state index contributed by atoms with van der Waals surface area (Å²) in [6.07, 6.45) is -0.882. The zero-order valence-corrected chi connectivity index (χ0v) is 12.9. The summed E-state index contributed by atoms with van der Waals surface area (Å²) < 4.78 is 18.1. The number of carbonyl (C=O) groups is 2. The van der Waals surface area contributed by atoms with Crippen LogP contribution in [0.4, 0.5) is 4.39 Å². The monoisotopic (exact) mass is 336 g/mol. The van der Waals surface area contributed by atoms with Crippen LogP contribution in [0.2, 0.25) is 5.02 Å². The molecule has 2 amide bonds. The molecule has 0 aromatic heterocycles. The van der Waals surface area contributed by atoms with Gasteiger partial charge in [0.1, 0.15) is 11.6 Å². The van der Waals surface area contributed by atoms with Crippen LogP contribution in [-0.4, -0.2) is 17.9 Å². The molecule has 0 aliphatic carbocycles. The maximum absolute atomic E-state index is 12.8. The summed E-state index contributed by atoms with van der Waals surface area (Å²) >= 11 is 5.89. The van der Waals surface area contributed by atoms with E-state index in [1.54, 1.807) is 18.2 Å². The number of amides is 2. The Kier molecular flexibility index (Phi) is 5.54. The van der Waals surface area contributed by atoms with E-state index in [0.717, 1.165) is 0 Å². The molecule has 23 heavy (non-hydrogen) atoms. The molecule has 0 saturated heterocycles. The number of carbonyl (C=O) groups excluding carboxylic acids is 2. The Hall–Kier alpha value is -2.60. The molecule has 5 nitrogen and oxygen atoms in total. The summed E-state index contributed by atoms with van der Waals surface area (Å²) in [7, 11) is 0. The van der Waals surface area contributed by atoms with Crippen LogP contribution in [0.3, 0.4) is 0 Å². The second-order valence-electron chi connectivity index (χ2n) is 4.64. The molecule has 0 heterocycles. The first kappa shape index (κ1) is 16.8. The number of halogens is 2. The Morgan fingerprint density at radius 2 is 1.74 bits per heavy atom. The largest absolute Gasteiger partial charge is 0.481 e. The fraction of sp³-hybridized carbons (Fsp3) is 0.125. The van der Waals surface area contributed by atoms with E-state index in [-0.39, 0.29) is 10.6 Å². The number of rotatable bonds is 4. The highest BCUT2D eigenvalue weighted by atomic mass is 35.5. The van der Waals surface area contributed by atoms with Gasteiger partial charge in [-0.25, -0.2) is 4.39 Å². The number of ether oxygens (including phenoxy) is 1. The normalized spacial score (nSPS) is 11.4. The number of hydrogen-bond acceptors (Lipinski definition) is 3. The molecule has 120 valence electrons. The molecule has 2 aromatic carbocycles. The molecule has 7 heteroatoms. The van der Waals surface area contributed by atoms with Gasteiger partial charge < -0.3 is 4.74 Å². The van der Waals surface area contributed by atoms with Crippen molar-refractivity contribution in [3.63, 3.8) is 0 Å². The summed E-state index contributed by atoms with van der Waals surface area (Å²) in [5.41, 5.74) is 4.73. The van der Waals surface area contributed by atoms with Crippen LogP contribution < -0.4 is 15.6 Å². The van der Waals surface area contributed by atoms with Gasteiger partial charge in [-0.15, -0.1) is 0 Å². The zero-order chi connectivity index (χ0) is 16.8. The Morgan fingerprint density at radius 3 is 2.39 bits per heavy atom. The second kappa shape index (κ2) is 7.60. The number of hydrazine groups is 1. The van der Waals surface area contributed by atoms with Crippen LogP contribution in [0, 0.1) is 5.82 Å². The van der Waals surface area contributed by atoms with E-state index in [4.69, 9.17) is 16.3 Å². The molecule has 2 N–H and O–H groups in total. The number of benzene rings is 2. The SMILES string of the molecule is CC(Oc1ccc(F)cc1)C(=O)NNC(=O)c1ccccc1Cl. The highest BCUT2D eigenvalue weighted by molar-refractivity contribution is 6.33. The average Bonchev–Trinajstić information content (AvgIpc) is 2.54. The topological polar surface area (TPSA) is 67.4 Å². The molecule has 0 fully saturated rings. The third-order valence-corrected chi connectivity index (χ3v) is 3.24. The highest BCUT2D eigenvalue weighted by Gasteiger charge is 2.16. The van der Waals surface area contributed by atoms with Crippen molar-refractivity contribution in [3.05, 3.63) is 64.9 Å². The van der Waals surface area contributed by atoms with Gasteiger partial charge in [0, 0.05) is 0 Å². The minimum absolute atomic E-state index is 0.238. The summed E-state index contributed by atoms with van der Waals surface area (Å²) in [6, 6.07) is 11.7. The van der Waals surface area contributed by atoms with Crippen LogP contribution in [-0.2, 0) is 4.79 Å². The third-order valence-electron chi connectivity index (χ3n) is 2.91. The molecule has 0 aliphatic rings. The van der Waals surface area contributed by atoms with Gasteiger partial charge in [-0.3, -0.25) is 20.4 Å². The molecular weight excluding hydrogens is 323 g/mol. The van der Waals surface area contributed by atoms with E-state index in [9.17, 15) is 14.0 Å². The van der Waals surface area contributed by atoms with Crippen molar-refractivity contribution in [2.75, 3.05) is 0 Å². The van der Waals surface area contributed by atoms with Crippen molar-refractivity contribution in [2.45, 2.75) is 13.0 Å². The summed E-state index contributed by atoms with van der Waals surface area (Å²) in [4.78, 5) is 23.8. The van der Waals surface area contributed by atoms with E-state index in [2.05, 4.69) is 10.9 Å². The lowest BCUT2D eigenvalue weighted by Gasteiger charge is -2.15. The molecule has 0 saturated carbocycles. The summed E-state index contributed by atoms with van der Waals surface area (Å²) in [5, 5.41) is 0.273. The van der Waals surface area contributed by atoms with Gasteiger partial charge in [-0.1, -0.05) is 23.7 Å². The van der Waals surface area contributed by atoms with E-state index < -0.39 is 23.7 Å². The molecule has 1 unspecified atom stereocenters. The van der Waals surface area contributed by atoms with Gasteiger partial charge in [0.15, 0.2) is 6.10 Å². The molecule has 0 spiro atoms. The van der Waals surface area contributed by atoms with Gasteiger partial charge in [0.25, 0.3) is 11.8 Å². The van der Waals surface area contributed by atoms with Crippen LogP contribution in [0.15, 0.2) is 48.5 Å². The molecule has 2 aromatic rings. The van der Waals surface area contributed by atoms with Crippen LogP contribution in [0.5, 0.6) is 5.75 Å². The predicted octanol–water partition coefficient (Wildman–Crippen LogP) is 2.71. The van der Waals surface area contributed by atoms with E-state index in [1.807, 2.05) is 0 Å². The van der Waals surface area contributed by atoms with Crippen molar-refractivity contribution < 1.29 is 18.7 Å². The van der Waals surface area contributed by atoms with Crippen molar-refractivity contribution in [3.8, 4) is 5.75 Å². The minimum atomic E-state index is -0.882. The molecule has 0 radical (unpaired) electrons. The first-order valence-corrected chi connectivity index (χ1v) is 7.12. The third kappa shape index (κ3) is 4.69. The summed E-state index contributed by atoms with van der Waals surface area (Å²) in [5.74, 6) is -1.17. The Morgan fingerprint density at radius 1 is 1.09 bits per heavy atom. The van der Waals surface area contributed by atoms with Gasteiger partial charge in [-0.2, -0.15) is 0 Å². The van der Waals surface area contributed by atoms with Crippen molar-refractivity contribution in [2.24, 2.45) is 0 Å².